The fourth-order valence-corrected chi connectivity index (χ4v) is 5.32. The number of nitro benzene ring substituents is 1. The lowest BCUT2D eigenvalue weighted by Crippen LogP contribution is -2.29. The molecule has 4 aromatic rings. The molecule has 0 saturated carbocycles. The van der Waals surface area contributed by atoms with Crippen LogP contribution in [0.3, 0.4) is 0 Å². The molecular weight excluding hydrogens is 493 g/mol. The van der Waals surface area contributed by atoms with Gasteiger partial charge in [0.25, 0.3) is 5.69 Å². The molecule has 0 radical (unpaired) electrons. The lowest BCUT2D eigenvalue weighted by atomic mass is 9.96. The molecule has 1 aliphatic heterocycles. The second-order valence-corrected chi connectivity index (χ2v) is 9.13. The summed E-state index contributed by atoms with van der Waals surface area (Å²) < 4.78 is 20.8. The minimum atomic E-state index is -0.413. The Morgan fingerprint density at radius 3 is 2.51 bits per heavy atom. The van der Waals surface area contributed by atoms with Gasteiger partial charge in [-0.3, -0.25) is 15.1 Å². The van der Waals surface area contributed by atoms with Crippen molar-refractivity contribution in [3.05, 3.63) is 112 Å². The Hall–Kier alpha value is -4.31. The number of pyridine rings is 1. The van der Waals surface area contributed by atoms with Crippen molar-refractivity contribution in [1.82, 2.24) is 14.9 Å². The Bertz CT molecular complexity index is 1490. The number of benzene rings is 2. The zero-order valence-corrected chi connectivity index (χ0v) is 21.2. The number of ether oxygens (including phenoxy) is 1. The monoisotopic (exact) mass is 517 g/mol. The summed E-state index contributed by atoms with van der Waals surface area (Å²) in [5.41, 5.74) is 4.43. The molecule has 2 aromatic heterocycles. The quantitative estimate of drug-likeness (QED) is 0.199. The highest BCUT2D eigenvalue weighted by Gasteiger charge is 2.42. The number of nitrogens with one attached hydrogen (secondary N) is 1. The van der Waals surface area contributed by atoms with E-state index in [-0.39, 0.29) is 23.6 Å². The van der Waals surface area contributed by atoms with E-state index in [1.54, 1.807) is 30.5 Å². The minimum absolute atomic E-state index is 0.0653. The molecule has 0 amide bonds. The number of rotatable bonds is 6. The first-order valence-electron chi connectivity index (χ1n) is 11.6. The first-order valence-corrected chi connectivity index (χ1v) is 12.0. The first kappa shape index (κ1) is 24.4. The van der Waals surface area contributed by atoms with Gasteiger partial charge >= 0.3 is 0 Å². The van der Waals surface area contributed by atoms with Crippen molar-refractivity contribution in [1.29, 1.82) is 0 Å². The number of nitro groups is 1. The fourth-order valence-electron chi connectivity index (χ4n) is 4.97. The lowest BCUT2D eigenvalue weighted by molar-refractivity contribution is -0.384. The van der Waals surface area contributed by atoms with Crippen molar-refractivity contribution in [2.75, 3.05) is 12.0 Å². The second kappa shape index (κ2) is 9.62. The average molecular weight is 518 g/mol. The predicted molar refractivity (Wildman–Crippen MR) is 143 cm³/mol. The Morgan fingerprint density at radius 1 is 1.11 bits per heavy atom. The van der Waals surface area contributed by atoms with Gasteiger partial charge in [-0.05, 0) is 86.2 Å². The molecule has 0 aliphatic carbocycles. The predicted octanol–water partition coefficient (Wildman–Crippen LogP) is 5.72. The van der Waals surface area contributed by atoms with Crippen molar-refractivity contribution in [2.24, 2.45) is 0 Å². The van der Waals surface area contributed by atoms with Gasteiger partial charge in [-0.15, -0.1) is 0 Å². The molecule has 188 valence electrons. The van der Waals surface area contributed by atoms with Gasteiger partial charge in [0.2, 0.25) is 0 Å². The molecular formula is C27H24FN5O3S. The molecule has 1 N–H and O–H groups in total. The Kier molecular flexibility index (Phi) is 6.34. The molecule has 10 heteroatoms. The van der Waals surface area contributed by atoms with Crippen LogP contribution in [0.4, 0.5) is 15.8 Å². The summed E-state index contributed by atoms with van der Waals surface area (Å²) in [4.78, 5) is 18.1. The standard InChI is InChI=1S/C27H24FN5O3S/c1-16-14-21(17(2)31(16)23-12-11-20(36-3)15-24(23)33(34)35)26-25(22-6-4-5-13-29-22)30-27(37)32(26)19-9-7-18(28)8-10-19/h4-15,25-26H,1-3H3,(H,30,37). The maximum atomic E-state index is 13.8. The number of anilines is 1. The number of halogens is 1. The van der Waals surface area contributed by atoms with E-state index >= 15 is 0 Å². The van der Waals surface area contributed by atoms with E-state index in [0.29, 0.717) is 16.5 Å². The van der Waals surface area contributed by atoms with Crippen LogP contribution in [0.15, 0.2) is 72.9 Å². The van der Waals surface area contributed by atoms with Crippen LogP contribution in [0.5, 0.6) is 5.75 Å². The van der Waals surface area contributed by atoms with Crippen molar-refractivity contribution >= 4 is 28.7 Å². The highest BCUT2D eigenvalue weighted by Crippen LogP contribution is 2.44. The maximum Gasteiger partial charge on any atom is 0.296 e. The smallest absolute Gasteiger partial charge is 0.296 e. The molecule has 0 bridgehead atoms. The van der Waals surface area contributed by atoms with E-state index in [9.17, 15) is 14.5 Å². The molecule has 2 unspecified atom stereocenters. The van der Waals surface area contributed by atoms with Gasteiger partial charge in [0, 0.05) is 23.3 Å². The summed E-state index contributed by atoms with van der Waals surface area (Å²) >= 11 is 5.75. The molecule has 8 nitrogen and oxygen atoms in total. The molecule has 1 fully saturated rings. The van der Waals surface area contributed by atoms with Crippen LogP contribution in [0.25, 0.3) is 5.69 Å². The molecule has 0 spiro atoms. The molecule has 2 atom stereocenters. The lowest BCUT2D eigenvalue weighted by Gasteiger charge is -2.28. The van der Waals surface area contributed by atoms with Gasteiger partial charge in [0.1, 0.15) is 17.3 Å². The summed E-state index contributed by atoms with van der Waals surface area (Å²) in [5, 5.41) is 15.8. The van der Waals surface area contributed by atoms with Crippen LogP contribution in [-0.4, -0.2) is 26.7 Å². The van der Waals surface area contributed by atoms with Crippen LogP contribution in [0, 0.1) is 29.8 Å². The van der Waals surface area contributed by atoms with Crippen LogP contribution >= 0.6 is 12.2 Å². The Balaban J connectivity index is 1.70. The molecule has 3 heterocycles. The van der Waals surface area contributed by atoms with Crippen molar-refractivity contribution in [3.8, 4) is 11.4 Å². The highest BCUT2D eigenvalue weighted by molar-refractivity contribution is 7.80. The topological polar surface area (TPSA) is 85.5 Å². The van der Waals surface area contributed by atoms with Crippen molar-refractivity contribution < 1.29 is 14.1 Å². The Morgan fingerprint density at radius 2 is 1.86 bits per heavy atom. The average Bonchev–Trinajstić information content (AvgIpc) is 3.39. The van der Waals surface area contributed by atoms with Crippen LogP contribution in [0.1, 0.15) is 34.7 Å². The SMILES string of the molecule is COc1ccc(-n2c(C)cc(C3C(c4ccccn4)NC(=S)N3c3ccc(F)cc3)c2C)c([N+](=O)[O-])c1. The van der Waals surface area contributed by atoms with Crippen molar-refractivity contribution in [3.63, 3.8) is 0 Å². The van der Waals surface area contributed by atoms with Gasteiger partial charge in [-0.2, -0.15) is 0 Å². The van der Waals surface area contributed by atoms with E-state index in [0.717, 1.165) is 28.3 Å². The van der Waals surface area contributed by atoms with E-state index in [1.807, 2.05) is 47.6 Å². The van der Waals surface area contributed by atoms with E-state index in [1.165, 1.54) is 25.3 Å². The number of thiocarbonyl (C=S) groups is 1. The molecule has 2 aromatic carbocycles. The first-order chi connectivity index (χ1) is 17.8. The van der Waals surface area contributed by atoms with E-state index < -0.39 is 4.92 Å². The third-order valence-electron chi connectivity index (χ3n) is 6.61. The molecule has 37 heavy (non-hydrogen) atoms. The normalized spacial score (nSPS) is 17.1. The summed E-state index contributed by atoms with van der Waals surface area (Å²) in [6, 6.07) is 18.0. The molecule has 1 aliphatic rings. The van der Waals surface area contributed by atoms with Crippen LogP contribution in [-0.2, 0) is 0 Å². The van der Waals surface area contributed by atoms with Crippen LogP contribution in [0.2, 0.25) is 0 Å². The minimum Gasteiger partial charge on any atom is -0.496 e. The van der Waals surface area contributed by atoms with Gasteiger partial charge in [-0.1, -0.05) is 6.07 Å². The number of hydrogen-bond acceptors (Lipinski definition) is 5. The summed E-state index contributed by atoms with van der Waals surface area (Å²) in [5.74, 6) is 0.0609. The summed E-state index contributed by atoms with van der Waals surface area (Å²) in [6.07, 6.45) is 1.72. The van der Waals surface area contributed by atoms with Gasteiger partial charge in [0.05, 0.1) is 35.9 Å². The highest BCUT2D eigenvalue weighted by atomic mass is 32.1. The molecule has 5 rings (SSSR count). The second-order valence-electron chi connectivity index (χ2n) is 8.75. The van der Waals surface area contributed by atoms with Gasteiger partial charge in [-0.25, -0.2) is 4.39 Å². The van der Waals surface area contributed by atoms with E-state index in [4.69, 9.17) is 17.0 Å². The number of methoxy groups -OCH3 is 1. The third-order valence-corrected chi connectivity index (χ3v) is 6.93. The largest absolute Gasteiger partial charge is 0.496 e. The Labute approximate surface area is 218 Å². The number of nitrogens with zero attached hydrogens (tertiary/aromatic N) is 4. The van der Waals surface area contributed by atoms with Crippen LogP contribution < -0.4 is 15.0 Å². The van der Waals surface area contributed by atoms with Crippen molar-refractivity contribution in [2.45, 2.75) is 25.9 Å². The zero-order chi connectivity index (χ0) is 26.3. The van der Waals surface area contributed by atoms with Gasteiger partial charge in [0.15, 0.2) is 5.11 Å². The van der Waals surface area contributed by atoms with Gasteiger partial charge < -0.3 is 19.5 Å². The number of aryl methyl sites for hydroxylation is 1. The number of hydrogen-bond donors (Lipinski definition) is 1. The van der Waals surface area contributed by atoms with E-state index in [2.05, 4.69) is 10.3 Å². The summed E-state index contributed by atoms with van der Waals surface area (Å²) in [7, 11) is 1.47. The number of aromatic nitrogens is 2. The fraction of sp³-hybridized carbons (Fsp3) is 0.185. The summed E-state index contributed by atoms with van der Waals surface area (Å²) in [6.45, 7) is 3.83. The zero-order valence-electron chi connectivity index (χ0n) is 20.4. The third kappa shape index (κ3) is 4.29. The molecule has 1 saturated heterocycles. The maximum absolute atomic E-state index is 13.8.